The number of thioether (sulfide) groups is 1. The van der Waals surface area contributed by atoms with Crippen LogP contribution in [0.5, 0.6) is 5.88 Å². The van der Waals surface area contributed by atoms with E-state index in [2.05, 4.69) is 10.3 Å². The molecule has 2 rings (SSSR count). The summed E-state index contributed by atoms with van der Waals surface area (Å²) in [5, 5.41) is 2.36. The molecule has 0 saturated carbocycles. The molecule has 1 aromatic heterocycles. The first kappa shape index (κ1) is 17.8. The molecular formula is C17H19N3O3S. The van der Waals surface area contributed by atoms with Crippen LogP contribution in [0.4, 0.5) is 5.69 Å². The Morgan fingerprint density at radius 3 is 2.67 bits per heavy atom. The lowest BCUT2D eigenvalue weighted by atomic mass is 10.2. The molecule has 0 radical (unpaired) electrons. The van der Waals surface area contributed by atoms with E-state index in [0.29, 0.717) is 28.6 Å². The van der Waals surface area contributed by atoms with Crippen molar-refractivity contribution in [3.8, 4) is 5.88 Å². The molecule has 0 spiro atoms. The van der Waals surface area contributed by atoms with Crippen LogP contribution in [0.3, 0.4) is 0 Å². The number of nitrogens with zero attached hydrogens (tertiary/aromatic N) is 1. The van der Waals surface area contributed by atoms with Crippen molar-refractivity contribution in [3.63, 3.8) is 0 Å². The van der Waals surface area contributed by atoms with Crippen molar-refractivity contribution in [3.05, 3.63) is 48.2 Å². The minimum absolute atomic E-state index is 0.277. The molecule has 0 aliphatic carbocycles. The topological polar surface area (TPSA) is 94.3 Å². The molecule has 0 aliphatic rings. The minimum atomic E-state index is -0.425. The Kier molecular flexibility index (Phi) is 6.20. The van der Waals surface area contributed by atoms with Crippen molar-refractivity contribution in [1.82, 2.24) is 4.98 Å². The van der Waals surface area contributed by atoms with Crippen molar-refractivity contribution < 1.29 is 14.3 Å². The van der Waals surface area contributed by atoms with Gasteiger partial charge in [-0.15, -0.1) is 11.8 Å². The van der Waals surface area contributed by atoms with Gasteiger partial charge in [0, 0.05) is 11.0 Å². The highest BCUT2D eigenvalue weighted by Crippen LogP contribution is 2.27. The SMILES string of the molecule is CCOc1ccc(NC(=O)c2ccccc2SC(C)C(N)=O)cn1. The highest BCUT2D eigenvalue weighted by molar-refractivity contribution is 8.00. The second-order valence-corrected chi connectivity index (χ2v) is 6.31. The Labute approximate surface area is 144 Å². The van der Waals surface area contributed by atoms with E-state index in [0.717, 1.165) is 0 Å². The largest absolute Gasteiger partial charge is 0.478 e. The summed E-state index contributed by atoms with van der Waals surface area (Å²) in [7, 11) is 0. The molecule has 1 atom stereocenters. The summed E-state index contributed by atoms with van der Waals surface area (Å²) in [6.45, 7) is 4.11. The van der Waals surface area contributed by atoms with Crippen molar-refractivity contribution in [2.24, 2.45) is 5.73 Å². The van der Waals surface area contributed by atoms with Gasteiger partial charge in [0.25, 0.3) is 5.91 Å². The van der Waals surface area contributed by atoms with Gasteiger partial charge in [0.05, 0.1) is 29.3 Å². The van der Waals surface area contributed by atoms with Gasteiger partial charge in [-0.2, -0.15) is 0 Å². The number of benzene rings is 1. The van der Waals surface area contributed by atoms with Gasteiger partial charge < -0.3 is 15.8 Å². The average Bonchev–Trinajstić information content (AvgIpc) is 2.57. The van der Waals surface area contributed by atoms with Gasteiger partial charge in [0.15, 0.2) is 0 Å². The first-order valence-electron chi connectivity index (χ1n) is 7.46. The lowest BCUT2D eigenvalue weighted by Gasteiger charge is -2.12. The highest BCUT2D eigenvalue weighted by atomic mass is 32.2. The normalized spacial score (nSPS) is 11.6. The van der Waals surface area contributed by atoms with E-state index >= 15 is 0 Å². The average molecular weight is 345 g/mol. The van der Waals surface area contributed by atoms with Gasteiger partial charge in [-0.25, -0.2) is 4.98 Å². The van der Waals surface area contributed by atoms with Crippen LogP contribution in [0.1, 0.15) is 24.2 Å². The van der Waals surface area contributed by atoms with Crippen molar-refractivity contribution in [2.45, 2.75) is 24.0 Å². The standard InChI is InChI=1S/C17H19N3O3S/c1-3-23-15-9-8-12(10-19-15)20-17(22)13-6-4-5-7-14(13)24-11(2)16(18)21/h4-11H,3H2,1-2H3,(H2,18,21)(H,20,22). The number of primary amides is 1. The van der Waals surface area contributed by atoms with Gasteiger partial charge in [-0.1, -0.05) is 12.1 Å². The fourth-order valence-corrected chi connectivity index (χ4v) is 2.83. The predicted octanol–water partition coefficient (Wildman–Crippen LogP) is 2.70. The van der Waals surface area contributed by atoms with Crippen LogP contribution in [-0.2, 0) is 4.79 Å². The smallest absolute Gasteiger partial charge is 0.256 e. The van der Waals surface area contributed by atoms with Crippen molar-refractivity contribution >= 4 is 29.3 Å². The van der Waals surface area contributed by atoms with Gasteiger partial charge >= 0.3 is 0 Å². The third-order valence-corrected chi connectivity index (χ3v) is 4.32. The van der Waals surface area contributed by atoms with E-state index in [9.17, 15) is 9.59 Å². The minimum Gasteiger partial charge on any atom is -0.478 e. The van der Waals surface area contributed by atoms with Crippen LogP contribution in [0, 0.1) is 0 Å². The molecule has 2 amide bonds. The van der Waals surface area contributed by atoms with E-state index in [1.165, 1.54) is 18.0 Å². The molecule has 24 heavy (non-hydrogen) atoms. The number of pyridine rings is 1. The number of hydrogen-bond donors (Lipinski definition) is 2. The van der Waals surface area contributed by atoms with E-state index < -0.39 is 11.2 Å². The monoisotopic (exact) mass is 345 g/mol. The van der Waals surface area contributed by atoms with Crippen LogP contribution >= 0.6 is 11.8 Å². The number of ether oxygens (including phenoxy) is 1. The van der Waals surface area contributed by atoms with Crippen LogP contribution in [0.15, 0.2) is 47.5 Å². The van der Waals surface area contributed by atoms with Gasteiger partial charge in [-0.05, 0) is 32.0 Å². The quantitative estimate of drug-likeness (QED) is 0.753. The molecule has 1 aromatic carbocycles. The molecule has 1 heterocycles. The summed E-state index contributed by atoms with van der Waals surface area (Å²) in [5.41, 5.74) is 6.33. The lowest BCUT2D eigenvalue weighted by Crippen LogP contribution is -2.23. The van der Waals surface area contributed by atoms with E-state index in [1.54, 1.807) is 37.3 Å². The number of hydrogen-bond acceptors (Lipinski definition) is 5. The summed E-state index contributed by atoms with van der Waals surface area (Å²) < 4.78 is 5.26. The van der Waals surface area contributed by atoms with Crippen molar-refractivity contribution in [2.75, 3.05) is 11.9 Å². The molecule has 2 aromatic rings. The number of aromatic nitrogens is 1. The number of amides is 2. The maximum atomic E-state index is 12.5. The molecule has 0 saturated heterocycles. The molecule has 3 N–H and O–H groups in total. The van der Waals surface area contributed by atoms with E-state index in [4.69, 9.17) is 10.5 Å². The zero-order valence-electron chi connectivity index (χ0n) is 13.5. The Balaban J connectivity index is 2.13. The number of carbonyl (C=O) groups is 2. The Hall–Kier alpha value is -2.54. The molecule has 7 heteroatoms. The van der Waals surface area contributed by atoms with E-state index in [-0.39, 0.29) is 5.91 Å². The van der Waals surface area contributed by atoms with Crippen LogP contribution in [-0.4, -0.2) is 28.7 Å². The molecule has 126 valence electrons. The van der Waals surface area contributed by atoms with Crippen molar-refractivity contribution in [1.29, 1.82) is 0 Å². The van der Waals surface area contributed by atoms with Gasteiger partial charge in [0.1, 0.15) is 0 Å². The summed E-state index contributed by atoms with van der Waals surface area (Å²) in [4.78, 5) is 28.5. The maximum absolute atomic E-state index is 12.5. The third kappa shape index (κ3) is 4.73. The lowest BCUT2D eigenvalue weighted by molar-refractivity contribution is -0.117. The molecule has 1 unspecified atom stereocenters. The zero-order chi connectivity index (χ0) is 17.5. The first-order chi connectivity index (χ1) is 11.5. The van der Waals surface area contributed by atoms with Gasteiger partial charge in [-0.3, -0.25) is 9.59 Å². The summed E-state index contributed by atoms with van der Waals surface area (Å²) in [6, 6.07) is 10.5. The molecule has 0 aliphatic heterocycles. The number of nitrogens with one attached hydrogen (secondary N) is 1. The Morgan fingerprint density at radius 2 is 2.04 bits per heavy atom. The summed E-state index contributed by atoms with van der Waals surface area (Å²) in [6.07, 6.45) is 1.53. The molecular weight excluding hydrogens is 326 g/mol. The number of anilines is 1. The van der Waals surface area contributed by atoms with Crippen LogP contribution < -0.4 is 15.8 Å². The molecule has 6 nitrogen and oxygen atoms in total. The highest BCUT2D eigenvalue weighted by Gasteiger charge is 2.16. The fourth-order valence-electron chi connectivity index (χ4n) is 1.89. The summed E-state index contributed by atoms with van der Waals surface area (Å²) in [5.74, 6) is -0.201. The first-order valence-corrected chi connectivity index (χ1v) is 8.34. The number of carbonyl (C=O) groups excluding carboxylic acids is 2. The maximum Gasteiger partial charge on any atom is 0.256 e. The third-order valence-electron chi connectivity index (χ3n) is 3.12. The molecule has 0 bridgehead atoms. The Morgan fingerprint density at radius 1 is 1.29 bits per heavy atom. The summed E-state index contributed by atoms with van der Waals surface area (Å²) >= 11 is 1.26. The number of nitrogens with two attached hydrogens (primary N) is 1. The predicted molar refractivity (Wildman–Crippen MR) is 94.3 cm³/mol. The van der Waals surface area contributed by atoms with Crippen LogP contribution in [0.25, 0.3) is 0 Å². The zero-order valence-corrected chi connectivity index (χ0v) is 14.3. The number of rotatable bonds is 7. The molecule has 0 fully saturated rings. The van der Waals surface area contributed by atoms with E-state index in [1.807, 2.05) is 13.0 Å². The van der Waals surface area contributed by atoms with Crippen LogP contribution in [0.2, 0.25) is 0 Å². The second kappa shape index (κ2) is 8.35. The fraction of sp³-hybridized carbons (Fsp3) is 0.235. The van der Waals surface area contributed by atoms with Gasteiger partial charge in [0.2, 0.25) is 11.8 Å². The Bertz CT molecular complexity index is 719. The second-order valence-electron chi connectivity index (χ2n) is 4.93.